The summed E-state index contributed by atoms with van der Waals surface area (Å²) in [5.41, 5.74) is 1.40. The van der Waals surface area contributed by atoms with Crippen molar-refractivity contribution in [3.63, 3.8) is 0 Å². The third kappa shape index (κ3) is 4.39. The second-order valence-corrected chi connectivity index (χ2v) is 5.90. The molecule has 1 heterocycles. The van der Waals surface area contributed by atoms with Crippen molar-refractivity contribution < 1.29 is 27.8 Å². The molecule has 0 spiro atoms. The number of nitrogens with zero attached hydrogens (tertiary/aromatic N) is 1. The number of aliphatic hydroxyl groups is 1. The summed E-state index contributed by atoms with van der Waals surface area (Å²) in [6.07, 6.45) is -6.10. The Morgan fingerprint density at radius 3 is 2.83 bits per heavy atom. The van der Waals surface area contributed by atoms with E-state index in [0.29, 0.717) is 30.8 Å². The third-order valence-electron chi connectivity index (χ3n) is 4.06. The van der Waals surface area contributed by atoms with E-state index in [1.165, 1.54) is 12.0 Å². The van der Waals surface area contributed by atoms with E-state index < -0.39 is 30.8 Å². The van der Waals surface area contributed by atoms with Gasteiger partial charge in [-0.05, 0) is 44.0 Å². The number of methoxy groups -OCH3 is 1. The summed E-state index contributed by atoms with van der Waals surface area (Å²) in [5.74, 6) is 0.0830. The number of ether oxygens (including phenoxy) is 1. The van der Waals surface area contributed by atoms with Gasteiger partial charge in [0.25, 0.3) is 0 Å². The average molecular weight is 346 g/mol. The van der Waals surface area contributed by atoms with Crippen LogP contribution in [-0.4, -0.2) is 54.4 Å². The van der Waals surface area contributed by atoms with E-state index in [1.807, 2.05) is 13.0 Å². The second-order valence-electron chi connectivity index (χ2n) is 5.90. The first-order chi connectivity index (χ1) is 11.2. The number of carbonyl (C=O) groups excluding carboxylic acids is 1. The molecule has 1 aromatic carbocycles. The van der Waals surface area contributed by atoms with Gasteiger partial charge in [0, 0.05) is 6.54 Å². The first-order valence-corrected chi connectivity index (χ1v) is 7.66. The number of hydrogen-bond donors (Lipinski definition) is 2. The zero-order valence-corrected chi connectivity index (χ0v) is 13.6. The number of carbonyl (C=O) groups is 1. The van der Waals surface area contributed by atoms with Gasteiger partial charge in [-0.1, -0.05) is 6.07 Å². The molecule has 1 aromatic rings. The van der Waals surface area contributed by atoms with Gasteiger partial charge in [0.1, 0.15) is 5.75 Å². The SMILES string of the molecule is COc1ccc(C)cc1NC(=O)C1CCCN1CC(O)C(F)(F)F. The zero-order chi connectivity index (χ0) is 17.9. The lowest BCUT2D eigenvalue weighted by atomic mass is 10.1. The summed E-state index contributed by atoms with van der Waals surface area (Å²) in [5, 5.41) is 12.0. The second kappa shape index (κ2) is 7.40. The Labute approximate surface area is 138 Å². The molecule has 0 radical (unpaired) electrons. The highest BCUT2D eigenvalue weighted by Crippen LogP contribution is 2.28. The van der Waals surface area contributed by atoms with Gasteiger partial charge in [-0.3, -0.25) is 9.69 Å². The number of alkyl halides is 3. The number of benzene rings is 1. The van der Waals surface area contributed by atoms with Gasteiger partial charge in [-0.2, -0.15) is 13.2 Å². The number of rotatable bonds is 5. The van der Waals surface area contributed by atoms with Crippen LogP contribution >= 0.6 is 0 Å². The van der Waals surface area contributed by atoms with Crippen molar-refractivity contribution in [1.82, 2.24) is 4.90 Å². The Morgan fingerprint density at radius 1 is 1.50 bits per heavy atom. The highest BCUT2D eigenvalue weighted by molar-refractivity contribution is 5.96. The molecule has 2 atom stereocenters. The quantitative estimate of drug-likeness (QED) is 0.859. The van der Waals surface area contributed by atoms with E-state index in [-0.39, 0.29) is 0 Å². The monoisotopic (exact) mass is 346 g/mol. The molecule has 0 bridgehead atoms. The molecule has 2 rings (SSSR count). The molecule has 0 aromatic heterocycles. The molecule has 1 aliphatic rings. The predicted octanol–water partition coefficient (Wildman–Crippen LogP) is 2.33. The Hall–Kier alpha value is -1.80. The van der Waals surface area contributed by atoms with Crippen LogP contribution in [-0.2, 0) is 4.79 Å². The van der Waals surface area contributed by atoms with Crippen molar-refractivity contribution in [2.45, 2.75) is 38.1 Å². The molecular weight excluding hydrogens is 325 g/mol. The van der Waals surface area contributed by atoms with E-state index in [1.54, 1.807) is 12.1 Å². The average Bonchev–Trinajstić information content (AvgIpc) is 2.94. The van der Waals surface area contributed by atoms with Crippen molar-refractivity contribution >= 4 is 11.6 Å². The standard InChI is InChI=1S/C16H21F3N2O3/c1-10-5-6-13(24-2)11(8-10)20-15(23)12-4-3-7-21(12)9-14(22)16(17,18)19/h5-6,8,12,14,22H,3-4,7,9H2,1-2H3,(H,20,23). The smallest absolute Gasteiger partial charge is 0.415 e. The van der Waals surface area contributed by atoms with Crippen LogP contribution in [0.5, 0.6) is 5.75 Å². The van der Waals surface area contributed by atoms with Gasteiger partial charge in [-0.25, -0.2) is 0 Å². The number of amides is 1. The van der Waals surface area contributed by atoms with Crippen molar-refractivity contribution in [1.29, 1.82) is 0 Å². The van der Waals surface area contributed by atoms with Crippen molar-refractivity contribution in [2.75, 3.05) is 25.5 Å². The summed E-state index contributed by atoms with van der Waals surface area (Å²) < 4.78 is 42.8. The fourth-order valence-electron chi connectivity index (χ4n) is 2.80. The van der Waals surface area contributed by atoms with Crippen LogP contribution in [0.3, 0.4) is 0 Å². The van der Waals surface area contributed by atoms with Gasteiger partial charge in [0.05, 0.1) is 18.8 Å². The van der Waals surface area contributed by atoms with Crippen LogP contribution in [0.2, 0.25) is 0 Å². The first kappa shape index (κ1) is 18.5. The van der Waals surface area contributed by atoms with Crippen LogP contribution in [0.15, 0.2) is 18.2 Å². The van der Waals surface area contributed by atoms with E-state index in [0.717, 1.165) is 5.56 Å². The molecule has 24 heavy (non-hydrogen) atoms. The molecular formula is C16H21F3N2O3. The topological polar surface area (TPSA) is 61.8 Å². The Bertz CT molecular complexity index is 592. The van der Waals surface area contributed by atoms with E-state index >= 15 is 0 Å². The van der Waals surface area contributed by atoms with Gasteiger partial charge >= 0.3 is 6.18 Å². The summed E-state index contributed by atoms with van der Waals surface area (Å²) in [4.78, 5) is 13.8. The lowest BCUT2D eigenvalue weighted by molar-refractivity contribution is -0.208. The van der Waals surface area contributed by atoms with Crippen LogP contribution < -0.4 is 10.1 Å². The zero-order valence-electron chi connectivity index (χ0n) is 13.6. The minimum atomic E-state index is -4.69. The molecule has 0 saturated carbocycles. The fraction of sp³-hybridized carbons (Fsp3) is 0.562. The lowest BCUT2D eigenvalue weighted by Gasteiger charge is -2.27. The Kier molecular flexibility index (Phi) is 5.71. The number of likely N-dealkylation sites (tertiary alicyclic amines) is 1. The lowest BCUT2D eigenvalue weighted by Crippen LogP contribution is -2.46. The summed E-state index contributed by atoms with van der Waals surface area (Å²) in [6, 6.07) is 4.58. The summed E-state index contributed by atoms with van der Waals surface area (Å²) >= 11 is 0. The minimum absolute atomic E-state index is 0.343. The van der Waals surface area contributed by atoms with Gasteiger partial charge in [0.2, 0.25) is 5.91 Å². The summed E-state index contributed by atoms with van der Waals surface area (Å²) in [6.45, 7) is 1.60. The van der Waals surface area contributed by atoms with Crippen LogP contribution in [0.1, 0.15) is 18.4 Å². The highest BCUT2D eigenvalue weighted by atomic mass is 19.4. The predicted molar refractivity (Wildman–Crippen MR) is 83.0 cm³/mol. The number of aliphatic hydroxyl groups excluding tert-OH is 1. The molecule has 1 saturated heterocycles. The number of nitrogens with one attached hydrogen (secondary N) is 1. The normalized spacial score (nSPS) is 20.0. The van der Waals surface area contributed by atoms with E-state index in [2.05, 4.69) is 5.32 Å². The molecule has 1 amide bonds. The maximum atomic E-state index is 12.5. The van der Waals surface area contributed by atoms with Gasteiger partial charge < -0.3 is 15.2 Å². The molecule has 134 valence electrons. The van der Waals surface area contributed by atoms with Crippen molar-refractivity contribution in [3.8, 4) is 5.75 Å². The molecule has 2 N–H and O–H groups in total. The highest BCUT2D eigenvalue weighted by Gasteiger charge is 2.42. The van der Waals surface area contributed by atoms with Crippen molar-refractivity contribution in [2.24, 2.45) is 0 Å². The fourth-order valence-corrected chi connectivity index (χ4v) is 2.80. The Morgan fingerprint density at radius 2 is 2.21 bits per heavy atom. The summed E-state index contributed by atoms with van der Waals surface area (Å²) in [7, 11) is 1.47. The molecule has 2 unspecified atom stereocenters. The number of hydrogen-bond acceptors (Lipinski definition) is 4. The third-order valence-corrected chi connectivity index (χ3v) is 4.06. The van der Waals surface area contributed by atoms with Crippen LogP contribution in [0.25, 0.3) is 0 Å². The van der Waals surface area contributed by atoms with E-state index in [4.69, 9.17) is 4.74 Å². The molecule has 8 heteroatoms. The number of β-amino-alcohol motifs (C(OH)–C–C–N with tert-alkyl or cyclic N) is 1. The maximum Gasteiger partial charge on any atom is 0.415 e. The number of anilines is 1. The first-order valence-electron chi connectivity index (χ1n) is 7.66. The molecule has 0 aliphatic carbocycles. The van der Waals surface area contributed by atoms with Crippen LogP contribution in [0, 0.1) is 6.92 Å². The van der Waals surface area contributed by atoms with Gasteiger partial charge in [-0.15, -0.1) is 0 Å². The molecule has 1 fully saturated rings. The number of aryl methyl sites for hydroxylation is 1. The largest absolute Gasteiger partial charge is 0.495 e. The van der Waals surface area contributed by atoms with E-state index in [9.17, 15) is 23.1 Å². The van der Waals surface area contributed by atoms with Crippen LogP contribution in [0.4, 0.5) is 18.9 Å². The number of halogens is 3. The van der Waals surface area contributed by atoms with Gasteiger partial charge in [0.15, 0.2) is 6.10 Å². The Balaban J connectivity index is 2.07. The maximum absolute atomic E-state index is 12.5. The molecule has 1 aliphatic heterocycles. The minimum Gasteiger partial charge on any atom is -0.495 e. The molecule has 5 nitrogen and oxygen atoms in total. The van der Waals surface area contributed by atoms with Crippen molar-refractivity contribution in [3.05, 3.63) is 23.8 Å².